The lowest BCUT2D eigenvalue weighted by atomic mass is 9.79. The molecule has 1 saturated carbocycles. The number of aliphatic carboxylic acids is 1. The van der Waals surface area contributed by atoms with Gasteiger partial charge in [0.05, 0.1) is 5.92 Å². The molecule has 0 saturated heterocycles. The Morgan fingerprint density at radius 1 is 0.912 bits per heavy atom. The summed E-state index contributed by atoms with van der Waals surface area (Å²) >= 11 is 0. The minimum atomic E-state index is -0.772. The fourth-order valence-electron chi connectivity index (χ4n) is 5.20. The zero-order valence-corrected chi connectivity index (χ0v) is 19.3. The SMILES string of the molecule is O=C(CCCNC(=O)OCC1c2ccccc2-c2ccccc21)NC[C@H]1CCCC[C@H]1C(=O)O. The lowest BCUT2D eigenvalue weighted by Gasteiger charge is -2.28. The number of benzene rings is 2. The van der Waals surface area contributed by atoms with Crippen LogP contribution in [0.1, 0.15) is 55.6 Å². The third-order valence-corrected chi connectivity index (χ3v) is 6.98. The molecule has 180 valence electrons. The quantitative estimate of drug-likeness (QED) is 0.480. The maximum Gasteiger partial charge on any atom is 0.407 e. The molecule has 2 aromatic rings. The largest absolute Gasteiger partial charge is 0.481 e. The van der Waals surface area contributed by atoms with Crippen molar-refractivity contribution in [1.29, 1.82) is 0 Å². The molecule has 2 aromatic carbocycles. The van der Waals surface area contributed by atoms with Crippen molar-refractivity contribution in [2.75, 3.05) is 19.7 Å². The predicted molar refractivity (Wildman–Crippen MR) is 128 cm³/mol. The predicted octanol–water partition coefficient (Wildman–Crippen LogP) is 4.31. The summed E-state index contributed by atoms with van der Waals surface area (Å²) in [5.74, 6) is -1.26. The highest BCUT2D eigenvalue weighted by Gasteiger charge is 2.31. The van der Waals surface area contributed by atoms with E-state index in [1.54, 1.807) is 0 Å². The minimum Gasteiger partial charge on any atom is -0.481 e. The summed E-state index contributed by atoms with van der Waals surface area (Å²) in [6.07, 6.45) is 3.73. The number of carboxylic acids is 1. The number of carbonyl (C=O) groups excluding carboxylic acids is 2. The first-order chi connectivity index (χ1) is 16.5. The second kappa shape index (κ2) is 11.2. The average Bonchev–Trinajstić information content (AvgIpc) is 3.18. The van der Waals surface area contributed by atoms with Crippen LogP contribution in [0.2, 0.25) is 0 Å². The number of hydrogen-bond donors (Lipinski definition) is 3. The van der Waals surface area contributed by atoms with Gasteiger partial charge < -0.3 is 20.5 Å². The summed E-state index contributed by atoms with van der Waals surface area (Å²) < 4.78 is 5.50. The van der Waals surface area contributed by atoms with Gasteiger partial charge >= 0.3 is 12.1 Å². The molecule has 2 amide bonds. The molecular weight excluding hydrogens is 432 g/mol. The van der Waals surface area contributed by atoms with Crippen LogP contribution in [-0.2, 0) is 14.3 Å². The van der Waals surface area contributed by atoms with E-state index in [2.05, 4.69) is 34.9 Å². The zero-order valence-electron chi connectivity index (χ0n) is 19.3. The first-order valence-electron chi connectivity index (χ1n) is 12.1. The topological polar surface area (TPSA) is 105 Å². The molecule has 7 nitrogen and oxygen atoms in total. The third-order valence-electron chi connectivity index (χ3n) is 6.98. The molecule has 0 heterocycles. The van der Waals surface area contributed by atoms with Gasteiger partial charge in [-0.15, -0.1) is 0 Å². The molecule has 4 rings (SSSR count). The molecule has 7 heteroatoms. The Bertz CT molecular complexity index is 992. The number of rotatable bonds is 9. The number of carboxylic acid groups (broad SMARTS) is 1. The van der Waals surface area contributed by atoms with Crippen LogP contribution in [0.15, 0.2) is 48.5 Å². The van der Waals surface area contributed by atoms with Crippen molar-refractivity contribution in [2.24, 2.45) is 11.8 Å². The fourth-order valence-corrected chi connectivity index (χ4v) is 5.20. The van der Waals surface area contributed by atoms with Gasteiger partial charge in [0.25, 0.3) is 0 Å². The van der Waals surface area contributed by atoms with Crippen LogP contribution in [0, 0.1) is 11.8 Å². The highest BCUT2D eigenvalue weighted by molar-refractivity contribution is 5.79. The van der Waals surface area contributed by atoms with Crippen LogP contribution in [0.4, 0.5) is 4.79 Å². The number of carbonyl (C=O) groups is 3. The molecule has 34 heavy (non-hydrogen) atoms. The number of alkyl carbamates (subject to hydrolysis) is 1. The molecule has 2 aliphatic rings. The molecule has 0 aliphatic heterocycles. The Balaban J connectivity index is 1.16. The van der Waals surface area contributed by atoms with Crippen molar-refractivity contribution in [2.45, 2.75) is 44.4 Å². The molecule has 3 N–H and O–H groups in total. The molecule has 0 spiro atoms. The van der Waals surface area contributed by atoms with Crippen LogP contribution < -0.4 is 10.6 Å². The van der Waals surface area contributed by atoms with Crippen LogP contribution >= 0.6 is 0 Å². The van der Waals surface area contributed by atoms with E-state index in [4.69, 9.17) is 4.74 Å². The van der Waals surface area contributed by atoms with Crippen molar-refractivity contribution in [3.63, 3.8) is 0 Å². The van der Waals surface area contributed by atoms with Gasteiger partial charge in [0.2, 0.25) is 5.91 Å². The van der Waals surface area contributed by atoms with Crippen LogP contribution in [0.3, 0.4) is 0 Å². The summed E-state index contributed by atoms with van der Waals surface area (Å²) in [6.45, 7) is 0.993. The summed E-state index contributed by atoms with van der Waals surface area (Å²) in [4.78, 5) is 35.7. The molecule has 2 aliphatic carbocycles. The van der Waals surface area contributed by atoms with E-state index in [0.717, 1.165) is 30.4 Å². The van der Waals surface area contributed by atoms with E-state index in [9.17, 15) is 19.5 Å². The zero-order chi connectivity index (χ0) is 23.9. The number of ether oxygens (including phenoxy) is 1. The molecule has 0 unspecified atom stereocenters. The highest BCUT2D eigenvalue weighted by atomic mass is 16.5. The maximum absolute atomic E-state index is 12.2. The summed E-state index contributed by atoms with van der Waals surface area (Å²) in [5.41, 5.74) is 4.69. The number of amides is 2. The van der Waals surface area contributed by atoms with E-state index in [-0.39, 0.29) is 36.7 Å². The first-order valence-corrected chi connectivity index (χ1v) is 12.1. The van der Waals surface area contributed by atoms with Crippen molar-refractivity contribution in [3.05, 3.63) is 59.7 Å². The second-order valence-corrected chi connectivity index (χ2v) is 9.15. The van der Waals surface area contributed by atoms with Gasteiger partial charge in [-0.3, -0.25) is 9.59 Å². The molecule has 0 aromatic heterocycles. The normalized spacial score (nSPS) is 19.1. The van der Waals surface area contributed by atoms with E-state index in [0.29, 0.717) is 25.9 Å². The van der Waals surface area contributed by atoms with Gasteiger partial charge in [0, 0.05) is 25.4 Å². The third kappa shape index (κ3) is 5.58. The highest BCUT2D eigenvalue weighted by Crippen LogP contribution is 2.44. The van der Waals surface area contributed by atoms with Gasteiger partial charge in [0.1, 0.15) is 6.61 Å². The van der Waals surface area contributed by atoms with Gasteiger partial charge in [0.15, 0.2) is 0 Å². The van der Waals surface area contributed by atoms with E-state index < -0.39 is 12.1 Å². The minimum absolute atomic E-state index is 0.00542. The van der Waals surface area contributed by atoms with E-state index in [1.807, 2.05) is 24.3 Å². The fraction of sp³-hybridized carbons (Fsp3) is 0.444. The Kier molecular flexibility index (Phi) is 7.83. The van der Waals surface area contributed by atoms with Crippen LogP contribution in [0.5, 0.6) is 0 Å². The smallest absolute Gasteiger partial charge is 0.407 e. The average molecular weight is 465 g/mol. The van der Waals surface area contributed by atoms with Crippen molar-refractivity contribution in [1.82, 2.24) is 10.6 Å². The summed E-state index contributed by atoms with van der Waals surface area (Å²) in [6, 6.07) is 16.4. The second-order valence-electron chi connectivity index (χ2n) is 9.15. The number of fused-ring (bicyclic) bond motifs is 3. The summed E-state index contributed by atoms with van der Waals surface area (Å²) in [5, 5.41) is 14.9. The lowest BCUT2D eigenvalue weighted by molar-refractivity contribution is -0.145. The monoisotopic (exact) mass is 464 g/mol. The lowest BCUT2D eigenvalue weighted by Crippen LogP contribution is -2.37. The maximum atomic E-state index is 12.2. The van der Waals surface area contributed by atoms with Crippen molar-refractivity contribution < 1.29 is 24.2 Å². The number of nitrogens with one attached hydrogen (secondary N) is 2. The van der Waals surface area contributed by atoms with E-state index >= 15 is 0 Å². The van der Waals surface area contributed by atoms with Gasteiger partial charge in [-0.25, -0.2) is 4.79 Å². The molecule has 0 radical (unpaired) electrons. The Morgan fingerprint density at radius 3 is 2.24 bits per heavy atom. The summed E-state index contributed by atoms with van der Waals surface area (Å²) in [7, 11) is 0. The van der Waals surface area contributed by atoms with Crippen LogP contribution in [0.25, 0.3) is 11.1 Å². The Labute approximate surface area is 199 Å². The molecular formula is C27H32N2O5. The molecule has 1 fully saturated rings. The number of hydrogen-bond acceptors (Lipinski definition) is 4. The standard InChI is InChI=1S/C27H32N2O5/c30-25(29-16-18-8-1-2-9-19(18)26(31)32)14-7-15-28-27(33)34-17-24-22-12-5-3-10-20(22)21-11-4-6-13-23(21)24/h3-6,10-13,18-19,24H,1-2,7-9,14-17H2,(H,28,33)(H,29,30)(H,31,32)/t18-,19-/m1/s1. The van der Waals surface area contributed by atoms with Gasteiger partial charge in [-0.2, -0.15) is 0 Å². The van der Waals surface area contributed by atoms with Crippen LogP contribution in [-0.4, -0.2) is 42.8 Å². The Hall–Kier alpha value is -3.35. The molecule has 2 atom stereocenters. The van der Waals surface area contributed by atoms with E-state index in [1.165, 1.54) is 11.1 Å². The first kappa shape index (κ1) is 23.8. The van der Waals surface area contributed by atoms with Gasteiger partial charge in [-0.1, -0.05) is 61.4 Å². The molecule has 0 bridgehead atoms. The van der Waals surface area contributed by atoms with Gasteiger partial charge in [-0.05, 0) is 47.4 Å². The van der Waals surface area contributed by atoms with Crippen molar-refractivity contribution in [3.8, 4) is 11.1 Å². The Morgan fingerprint density at radius 2 is 1.56 bits per heavy atom. The van der Waals surface area contributed by atoms with Crippen molar-refractivity contribution >= 4 is 18.0 Å².